The normalized spacial score (nSPS) is 12.9. The maximum Gasteiger partial charge on any atom is 0.0804 e. The van der Waals surface area contributed by atoms with E-state index in [2.05, 4.69) is 13.8 Å². The van der Waals surface area contributed by atoms with Gasteiger partial charge >= 0.3 is 0 Å². The molecule has 5 heteroatoms. The van der Waals surface area contributed by atoms with Gasteiger partial charge in [-0.25, -0.2) is 0 Å². The second kappa shape index (κ2) is 7.77. The second-order valence-electron chi connectivity index (χ2n) is 4.50. The first-order valence-corrected chi connectivity index (χ1v) is 7.72. The van der Waals surface area contributed by atoms with Gasteiger partial charge < -0.3 is 10.5 Å². The minimum Gasteiger partial charge on any atom is -0.398 e. The Morgan fingerprint density at radius 1 is 1.39 bits per heavy atom. The molecule has 0 spiro atoms. The lowest BCUT2D eigenvalue weighted by atomic mass is 10.1. The van der Waals surface area contributed by atoms with Crippen LogP contribution in [-0.4, -0.2) is 23.2 Å². The zero-order chi connectivity index (χ0) is 13.5. The summed E-state index contributed by atoms with van der Waals surface area (Å²) in [5.74, 6) is 1.04. The Kier molecular flexibility index (Phi) is 6.68. The standard InChI is InChI=1S/C13H20ClNO2S/c1-10(2)6-7-17-8-9-18(16)13-11(14)4-3-5-12(13)15/h3-5,10H,6-9,15H2,1-2H3. The van der Waals surface area contributed by atoms with Gasteiger partial charge in [-0.1, -0.05) is 31.5 Å². The third-order valence-electron chi connectivity index (χ3n) is 2.48. The average molecular weight is 290 g/mol. The lowest BCUT2D eigenvalue weighted by Gasteiger charge is -2.09. The predicted octanol–water partition coefficient (Wildman–Crippen LogP) is 3.09. The molecule has 0 aromatic heterocycles. The Bertz CT molecular complexity index is 390. The molecular formula is C13H20ClNO2S. The van der Waals surface area contributed by atoms with Gasteiger partial charge in [-0.15, -0.1) is 0 Å². The molecule has 18 heavy (non-hydrogen) atoms. The van der Waals surface area contributed by atoms with Gasteiger partial charge in [0, 0.05) is 12.3 Å². The SMILES string of the molecule is CC(C)CCOCCS(=O)c1c(N)cccc1Cl. The van der Waals surface area contributed by atoms with Crippen LogP contribution in [0.2, 0.25) is 5.02 Å². The maximum atomic E-state index is 12.1. The van der Waals surface area contributed by atoms with E-state index in [-0.39, 0.29) is 0 Å². The van der Waals surface area contributed by atoms with Crippen LogP contribution in [0.15, 0.2) is 23.1 Å². The molecule has 1 unspecified atom stereocenters. The van der Waals surface area contributed by atoms with Gasteiger partial charge in [0.1, 0.15) is 0 Å². The van der Waals surface area contributed by atoms with E-state index >= 15 is 0 Å². The Labute approximate surface area is 116 Å². The molecule has 0 fully saturated rings. The fourth-order valence-corrected chi connectivity index (χ4v) is 2.95. The monoisotopic (exact) mass is 289 g/mol. The largest absolute Gasteiger partial charge is 0.398 e. The Balaban J connectivity index is 2.41. The van der Waals surface area contributed by atoms with Gasteiger partial charge in [-0.05, 0) is 24.5 Å². The highest BCUT2D eigenvalue weighted by atomic mass is 35.5. The molecule has 0 bridgehead atoms. The summed E-state index contributed by atoms with van der Waals surface area (Å²) >= 11 is 5.99. The molecule has 1 rings (SSSR count). The van der Waals surface area contributed by atoms with Crippen molar-refractivity contribution in [3.8, 4) is 0 Å². The summed E-state index contributed by atoms with van der Waals surface area (Å²) in [4.78, 5) is 0.520. The number of benzene rings is 1. The van der Waals surface area contributed by atoms with Crippen LogP contribution in [0.4, 0.5) is 5.69 Å². The van der Waals surface area contributed by atoms with Gasteiger partial charge in [0.05, 0.1) is 33.1 Å². The van der Waals surface area contributed by atoms with Crippen molar-refractivity contribution in [1.82, 2.24) is 0 Å². The fraction of sp³-hybridized carbons (Fsp3) is 0.538. The molecule has 0 saturated carbocycles. The minimum absolute atomic E-state index is 0.423. The van der Waals surface area contributed by atoms with Crippen LogP contribution >= 0.6 is 11.6 Å². The van der Waals surface area contributed by atoms with Gasteiger partial charge in [0.15, 0.2) is 0 Å². The number of halogens is 1. The van der Waals surface area contributed by atoms with Crippen molar-refractivity contribution in [2.24, 2.45) is 5.92 Å². The topological polar surface area (TPSA) is 52.3 Å². The molecule has 3 nitrogen and oxygen atoms in total. The Morgan fingerprint density at radius 3 is 2.72 bits per heavy atom. The third kappa shape index (κ3) is 4.96. The number of rotatable bonds is 7. The second-order valence-corrected chi connectivity index (χ2v) is 6.42. The minimum atomic E-state index is -1.20. The smallest absolute Gasteiger partial charge is 0.0804 e. The summed E-state index contributed by atoms with van der Waals surface area (Å²) in [6, 6.07) is 5.15. The summed E-state index contributed by atoms with van der Waals surface area (Å²) < 4.78 is 17.5. The van der Waals surface area contributed by atoms with Gasteiger partial charge in [0.25, 0.3) is 0 Å². The highest BCUT2D eigenvalue weighted by molar-refractivity contribution is 7.85. The number of nitrogen functional groups attached to an aromatic ring is 1. The molecule has 0 radical (unpaired) electrons. The molecule has 102 valence electrons. The quantitative estimate of drug-likeness (QED) is 0.620. The van der Waals surface area contributed by atoms with Crippen LogP contribution in [0.25, 0.3) is 0 Å². The van der Waals surface area contributed by atoms with Crippen LogP contribution in [0, 0.1) is 5.92 Å². The number of nitrogens with two attached hydrogens (primary N) is 1. The van der Waals surface area contributed by atoms with Crippen molar-refractivity contribution in [2.45, 2.75) is 25.2 Å². The molecule has 2 N–H and O–H groups in total. The van der Waals surface area contributed by atoms with Crippen LogP contribution in [0.5, 0.6) is 0 Å². The Hall–Kier alpha value is -0.580. The first-order chi connectivity index (χ1) is 8.52. The molecule has 1 atom stereocenters. The average Bonchev–Trinajstić information content (AvgIpc) is 2.27. The molecule has 1 aromatic rings. The number of hydrogen-bond donors (Lipinski definition) is 1. The maximum absolute atomic E-state index is 12.1. The summed E-state index contributed by atoms with van der Waals surface area (Å²) in [5.41, 5.74) is 6.25. The van der Waals surface area contributed by atoms with E-state index in [9.17, 15) is 4.21 Å². The number of hydrogen-bond acceptors (Lipinski definition) is 3. The predicted molar refractivity (Wildman–Crippen MR) is 77.4 cm³/mol. The van der Waals surface area contributed by atoms with Crippen LogP contribution < -0.4 is 5.73 Å². The molecule has 0 aliphatic carbocycles. The molecule has 0 amide bonds. The first kappa shape index (κ1) is 15.5. The van der Waals surface area contributed by atoms with Gasteiger partial charge in [0.2, 0.25) is 0 Å². The van der Waals surface area contributed by atoms with E-state index in [0.29, 0.717) is 40.5 Å². The summed E-state index contributed by atoms with van der Waals surface area (Å²) in [6.45, 7) is 5.45. The molecule has 0 aliphatic heterocycles. The van der Waals surface area contributed by atoms with Crippen molar-refractivity contribution < 1.29 is 8.95 Å². The molecule has 1 aromatic carbocycles. The lowest BCUT2D eigenvalue weighted by Crippen LogP contribution is -2.10. The molecule has 0 aliphatic rings. The number of anilines is 1. The van der Waals surface area contributed by atoms with Crippen LogP contribution in [0.3, 0.4) is 0 Å². The van der Waals surface area contributed by atoms with Gasteiger partial charge in [-0.3, -0.25) is 4.21 Å². The van der Waals surface area contributed by atoms with Crippen molar-refractivity contribution in [3.05, 3.63) is 23.2 Å². The molecule has 0 saturated heterocycles. The Morgan fingerprint density at radius 2 is 2.11 bits per heavy atom. The highest BCUT2D eigenvalue weighted by Crippen LogP contribution is 2.25. The number of ether oxygens (including phenoxy) is 1. The molecular weight excluding hydrogens is 270 g/mol. The van der Waals surface area contributed by atoms with Crippen molar-refractivity contribution in [1.29, 1.82) is 0 Å². The van der Waals surface area contributed by atoms with E-state index in [4.69, 9.17) is 22.1 Å². The fourth-order valence-electron chi connectivity index (χ4n) is 1.42. The van der Waals surface area contributed by atoms with Crippen molar-refractivity contribution in [3.63, 3.8) is 0 Å². The van der Waals surface area contributed by atoms with E-state index in [1.807, 2.05) is 0 Å². The van der Waals surface area contributed by atoms with Crippen LogP contribution in [0.1, 0.15) is 20.3 Å². The summed E-state index contributed by atoms with van der Waals surface area (Å²) in [5, 5.41) is 0.454. The molecule has 0 heterocycles. The summed E-state index contributed by atoms with van der Waals surface area (Å²) in [7, 11) is -1.20. The van der Waals surface area contributed by atoms with Crippen molar-refractivity contribution in [2.75, 3.05) is 24.7 Å². The zero-order valence-electron chi connectivity index (χ0n) is 10.8. The van der Waals surface area contributed by atoms with E-state index in [1.54, 1.807) is 18.2 Å². The zero-order valence-corrected chi connectivity index (χ0v) is 12.4. The first-order valence-electron chi connectivity index (χ1n) is 6.02. The van der Waals surface area contributed by atoms with E-state index in [0.717, 1.165) is 6.42 Å². The highest BCUT2D eigenvalue weighted by Gasteiger charge is 2.12. The van der Waals surface area contributed by atoms with E-state index in [1.165, 1.54) is 0 Å². The van der Waals surface area contributed by atoms with Crippen molar-refractivity contribution >= 4 is 28.1 Å². The third-order valence-corrected chi connectivity index (χ3v) is 4.35. The lowest BCUT2D eigenvalue weighted by molar-refractivity contribution is 0.138. The summed E-state index contributed by atoms with van der Waals surface area (Å²) in [6.07, 6.45) is 1.01. The van der Waals surface area contributed by atoms with Gasteiger partial charge in [-0.2, -0.15) is 0 Å². The van der Waals surface area contributed by atoms with Crippen LogP contribution in [-0.2, 0) is 15.5 Å². The van der Waals surface area contributed by atoms with E-state index < -0.39 is 10.8 Å².